The lowest BCUT2D eigenvalue weighted by Gasteiger charge is -2.55. The predicted octanol–water partition coefficient (Wildman–Crippen LogP) is 0.308. The molecule has 2 saturated carbocycles. The number of hydrogen-bond donors (Lipinski definition) is 1. The number of carbonyl (C=O) groups excluding carboxylic acids is 1. The van der Waals surface area contributed by atoms with E-state index in [1.54, 1.807) is 7.05 Å². The van der Waals surface area contributed by atoms with E-state index in [-0.39, 0.29) is 17.6 Å². The van der Waals surface area contributed by atoms with Gasteiger partial charge in [-0.1, -0.05) is 0 Å². The molecule has 4 aliphatic rings. The van der Waals surface area contributed by atoms with Crippen LogP contribution in [0.1, 0.15) is 25.7 Å². The average molecular weight is 293 g/mol. The van der Waals surface area contributed by atoms with Gasteiger partial charge in [0.1, 0.15) is 11.6 Å². The molecule has 2 saturated heterocycles. The molecule has 21 heavy (non-hydrogen) atoms. The van der Waals surface area contributed by atoms with Crippen LogP contribution >= 0.6 is 0 Å². The maximum absolute atomic E-state index is 12.1. The molecule has 0 aromatic rings. The van der Waals surface area contributed by atoms with Gasteiger partial charge in [0, 0.05) is 39.8 Å². The molecule has 0 aromatic carbocycles. The third-order valence-corrected chi connectivity index (χ3v) is 5.45. The monoisotopic (exact) mass is 293 g/mol. The van der Waals surface area contributed by atoms with Crippen LogP contribution < -0.4 is 5.32 Å². The molecule has 5 heteroatoms. The standard InChI is InChI=1S/C16H27N3O2/c1-17-15(20)14-8-21-16(11-19(14)7-13-4-5-13)9-18(10-16)6-12-2-3-12/h12-14H,2-11H2,1H3,(H,17,20)/t14-/m0/s1. The Balaban J connectivity index is 1.36. The van der Waals surface area contributed by atoms with Crippen molar-refractivity contribution in [2.75, 3.05) is 46.4 Å². The molecule has 0 unspecified atom stereocenters. The van der Waals surface area contributed by atoms with Crippen LogP contribution in [0.5, 0.6) is 0 Å². The van der Waals surface area contributed by atoms with E-state index in [1.165, 1.54) is 32.2 Å². The summed E-state index contributed by atoms with van der Waals surface area (Å²) in [6.45, 7) is 5.95. The van der Waals surface area contributed by atoms with E-state index in [9.17, 15) is 4.79 Å². The quantitative estimate of drug-likeness (QED) is 0.792. The summed E-state index contributed by atoms with van der Waals surface area (Å²) < 4.78 is 6.16. The van der Waals surface area contributed by atoms with Crippen molar-refractivity contribution in [3.8, 4) is 0 Å². The highest BCUT2D eigenvalue weighted by atomic mass is 16.5. The molecule has 4 fully saturated rings. The van der Waals surface area contributed by atoms with Crippen LogP contribution in [0.15, 0.2) is 0 Å². The summed E-state index contributed by atoms with van der Waals surface area (Å²) in [5.41, 5.74) is 0.00824. The van der Waals surface area contributed by atoms with E-state index < -0.39 is 0 Å². The second kappa shape index (κ2) is 5.21. The Morgan fingerprint density at radius 2 is 1.81 bits per heavy atom. The molecule has 1 atom stereocenters. The van der Waals surface area contributed by atoms with Crippen LogP contribution in [-0.2, 0) is 9.53 Å². The fourth-order valence-corrected chi connectivity index (χ4v) is 3.87. The van der Waals surface area contributed by atoms with Crippen LogP contribution in [0.25, 0.3) is 0 Å². The molecule has 0 radical (unpaired) electrons. The van der Waals surface area contributed by atoms with Gasteiger partial charge in [-0.05, 0) is 37.5 Å². The minimum atomic E-state index is -0.0845. The zero-order valence-corrected chi connectivity index (χ0v) is 13.0. The molecule has 2 aliphatic carbocycles. The minimum absolute atomic E-state index is 0.00824. The summed E-state index contributed by atoms with van der Waals surface area (Å²) in [7, 11) is 1.72. The number of likely N-dealkylation sites (N-methyl/N-ethyl adjacent to an activating group) is 1. The smallest absolute Gasteiger partial charge is 0.239 e. The first kappa shape index (κ1) is 14.0. The SMILES string of the molecule is CNC(=O)[C@@H]1COC2(CN(CC3CC3)C2)CN1CC1CC1. The third-order valence-electron chi connectivity index (χ3n) is 5.45. The molecule has 1 spiro atoms. The first-order valence-corrected chi connectivity index (χ1v) is 8.49. The molecule has 118 valence electrons. The molecule has 4 rings (SSSR count). The third kappa shape index (κ3) is 2.96. The Labute approximate surface area is 127 Å². The molecular formula is C16H27N3O2. The van der Waals surface area contributed by atoms with Gasteiger partial charge >= 0.3 is 0 Å². The lowest BCUT2D eigenvalue weighted by molar-refractivity contribution is -0.201. The maximum Gasteiger partial charge on any atom is 0.239 e. The highest BCUT2D eigenvalue weighted by Gasteiger charge is 2.51. The summed E-state index contributed by atoms with van der Waals surface area (Å²) in [6.07, 6.45) is 5.49. The number of hydrogen-bond acceptors (Lipinski definition) is 4. The second-order valence-electron chi connectivity index (χ2n) is 7.61. The molecule has 2 aliphatic heterocycles. The van der Waals surface area contributed by atoms with Crippen molar-refractivity contribution in [1.29, 1.82) is 0 Å². The van der Waals surface area contributed by atoms with Gasteiger partial charge in [-0.15, -0.1) is 0 Å². The number of likely N-dealkylation sites (tertiary alicyclic amines) is 1. The van der Waals surface area contributed by atoms with Crippen LogP contribution in [0.4, 0.5) is 0 Å². The fraction of sp³-hybridized carbons (Fsp3) is 0.938. The van der Waals surface area contributed by atoms with Crippen molar-refractivity contribution in [2.24, 2.45) is 11.8 Å². The lowest BCUT2D eigenvalue weighted by atomic mass is 9.90. The van der Waals surface area contributed by atoms with Crippen molar-refractivity contribution in [2.45, 2.75) is 37.3 Å². The van der Waals surface area contributed by atoms with E-state index in [4.69, 9.17) is 4.74 Å². The van der Waals surface area contributed by atoms with E-state index in [0.29, 0.717) is 6.61 Å². The first-order chi connectivity index (χ1) is 10.2. The summed E-state index contributed by atoms with van der Waals surface area (Å²) in [5, 5.41) is 2.79. The molecule has 0 bridgehead atoms. The number of ether oxygens (including phenoxy) is 1. The average Bonchev–Trinajstić information content (AvgIpc) is 3.32. The van der Waals surface area contributed by atoms with Crippen molar-refractivity contribution >= 4 is 5.91 Å². The van der Waals surface area contributed by atoms with Crippen molar-refractivity contribution in [3.05, 3.63) is 0 Å². The molecular weight excluding hydrogens is 266 g/mol. The Bertz CT molecular complexity index is 414. The topological polar surface area (TPSA) is 44.8 Å². The maximum atomic E-state index is 12.1. The van der Waals surface area contributed by atoms with Gasteiger partial charge in [0.05, 0.1) is 6.61 Å². The lowest BCUT2D eigenvalue weighted by Crippen LogP contribution is -2.73. The Kier molecular flexibility index (Phi) is 3.47. The van der Waals surface area contributed by atoms with Crippen LogP contribution in [0, 0.1) is 11.8 Å². The highest BCUT2D eigenvalue weighted by molar-refractivity contribution is 5.81. The van der Waals surface area contributed by atoms with Gasteiger partial charge in [-0.25, -0.2) is 0 Å². The van der Waals surface area contributed by atoms with Gasteiger partial charge in [0.25, 0.3) is 0 Å². The first-order valence-electron chi connectivity index (χ1n) is 8.49. The summed E-state index contributed by atoms with van der Waals surface area (Å²) in [6, 6.07) is -0.0845. The van der Waals surface area contributed by atoms with Gasteiger partial charge in [-0.3, -0.25) is 14.6 Å². The van der Waals surface area contributed by atoms with E-state index in [2.05, 4.69) is 15.1 Å². The van der Waals surface area contributed by atoms with Crippen LogP contribution in [0.2, 0.25) is 0 Å². The summed E-state index contributed by atoms with van der Waals surface area (Å²) >= 11 is 0. The number of morpholine rings is 1. The van der Waals surface area contributed by atoms with E-state index >= 15 is 0 Å². The van der Waals surface area contributed by atoms with Crippen molar-refractivity contribution < 1.29 is 9.53 Å². The normalized spacial score (nSPS) is 32.9. The predicted molar refractivity (Wildman–Crippen MR) is 80.0 cm³/mol. The number of nitrogens with one attached hydrogen (secondary N) is 1. The largest absolute Gasteiger partial charge is 0.369 e. The van der Waals surface area contributed by atoms with E-state index in [1.807, 2.05) is 0 Å². The fourth-order valence-electron chi connectivity index (χ4n) is 3.87. The zero-order valence-electron chi connectivity index (χ0n) is 13.0. The van der Waals surface area contributed by atoms with Gasteiger partial charge in [0.15, 0.2) is 0 Å². The molecule has 5 nitrogen and oxygen atoms in total. The molecule has 1 amide bonds. The molecule has 1 N–H and O–H groups in total. The number of amides is 1. The summed E-state index contributed by atoms with van der Waals surface area (Å²) in [5.74, 6) is 1.88. The number of rotatable bonds is 5. The van der Waals surface area contributed by atoms with Crippen molar-refractivity contribution in [3.63, 3.8) is 0 Å². The van der Waals surface area contributed by atoms with Gasteiger partial charge < -0.3 is 10.1 Å². The van der Waals surface area contributed by atoms with Crippen LogP contribution in [-0.4, -0.2) is 73.7 Å². The Morgan fingerprint density at radius 3 is 2.43 bits per heavy atom. The summed E-state index contributed by atoms with van der Waals surface area (Å²) in [4.78, 5) is 17.0. The molecule has 2 heterocycles. The van der Waals surface area contributed by atoms with Gasteiger partial charge in [-0.2, -0.15) is 0 Å². The zero-order chi connectivity index (χ0) is 14.4. The Hall–Kier alpha value is -0.650. The second-order valence-corrected chi connectivity index (χ2v) is 7.61. The van der Waals surface area contributed by atoms with E-state index in [0.717, 1.165) is 38.0 Å². The van der Waals surface area contributed by atoms with Crippen molar-refractivity contribution in [1.82, 2.24) is 15.1 Å². The van der Waals surface area contributed by atoms with Gasteiger partial charge in [0.2, 0.25) is 5.91 Å². The number of nitrogens with zero attached hydrogens (tertiary/aromatic N) is 2. The van der Waals surface area contributed by atoms with Crippen LogP contribution in [0.3, 0.4) is 0 Å². The minimum Gasteiger partial charge on any atom is -0.369 e. The molecule has 0 aromatic heterocycles. The highest BCUT2D eigenvalue weighted by Crippen LogP contribution is 2.38. The Morgan fingerprint density at radius 1 is 1.14 bits per heavy atom. The number of carbonyl (C=O) groups is 1.